The van der Waals surface area contributed by atoms with Gasteiger partial charge in [0.15, 0.2) is 0 Å². The van der Waals surface area contributed by atoms with Gasteiger partial charge in [-0.05, 0) is 31.9 Å². The molecule has 0 saturated carbocycles. The predicted molar refractivity (Wildman–Crippen MR) is 61.9 cm³/mol. The van der Waals surface area contributed by atoms with Gasteiger partial charge in [-0.25, -0.2) is 4.39 Å². The van der Waals surface area contributed by atoms with Crippen molar-refractivity contribution in [1.82, 2.24) is 9.88 Å². The van der Waals surface area contributed by atoms with Crippen molar-refractivity contribution in [2.24, 2.45) is 0 Å². The molecule has 2 aliphatic heterocycles. The summed E-state index contributed by atoms with van der Waals surface area (Å²) in [6, 6.07) is 1.70. The molecule has 2 fully saturated rings. The van der Waals surface area contributed by atoms with Crippen molar-refractivity contribution in [2.75, 3.05) is 13.1 Å². The minimum Gasteiger partial charge on any atom is -0.383 e. The van der Waals surface area contributed by atoms with Crippen molar-refractivity contribution in [3.63, 3.8) is 0 Å². The molecule has 2 unspecified atom stereocenters. The van der Waals surface area contributed by atoms with Crippen molar-refractivity contribution in [1.29, 1.82) is 0 Å². The summed E-state index contributed by atoms with van der Waals surface area (Å²) in [6.45, 7) is 1.89. The van der Waals surface area contributed by atoms with E-state index in [1.165, 1.54) is 12.6 Å². The Morgan fingerprint density at radius 3 is 3.12 bits per heavy atom. The smallest absolute Gasteiger partial charge is 0.147 e. The van der Waals surface area contributed by atoms with Crippen LogP contribution >= 0.6 is 0 Å². The van der Waals surface area contributed by atoms with Crippen molar-refractivity contribution >= 4 is 0 Å². The Bertz CT molecular complexity index is 426. The van der Waals surface area contributed by atoms with Crippen LogP contribution in [0.5, 0.6) is 0 Å². The van der Waals surface area contributed by atoms with Crippen LogP contribution in [0, 0.1) is 5.82 Å². The fourth-order valence-electron chi connectivity index (χ4n) is 3.32. The Hall–Kier alpha value is -1.00. The van der Waals surface area contributed by atoms with Crippen LogP contribution in [0.2, 0.25) is 0 Å². The minimum atomic E-state index is -1.02. The normalized spacial score (nSPS) is 33.6. The molecule has 1 aromatic rings. The molecule has 92 valence electrons. The highest BCUT2D eigenvalue weighted by Gasteiger charge is 2.48. The summed E-state index contributed by atoms with van der Waals surface area (Å²) in [4.78, 5) is 6.05. The Balaban J connectivity index is 1.98. The Morgan fingerprint density at radius 2 is 2.29 bits per heavy atom. The molecule has 17 heavy (non-hydrogen) atoms. The van der Waals surface area contributed by atoms with Crippen LogP contribution < -0.4 is 0 Å². The van der Waals surface area contributed by atoms with Gasteiger partial charge in [0.1, 0.15) is 11.4 Å². The summed E-state index contributed by atoms with van der Waals surface area (Å²) in [5.74, 6) is -0.387. The summed E-state index contributed by atoms with van der Waals surface area (Å²) < 4.78 is 13.8. The third-order valence-corrected chi connectivity index (χ3v) is 4.18. The summed E-state index contributed by atoms with van der Waals surface area (Å²) >= 11 is 0. The fraction of sp³-hybridized carbons (Fsp3) is 0.615. The van der Waals surface area contributed by atoms with E-state index < -0.39 is 5.60 Å². The zero-order chi connectivity index (χ0) is 11.9. The van der Waals surface area contributed by atoms with Crippen LogP contribution in [0.15, 0.2) is 18.5 Å². The predicted octanol–water partition coefficient (Wildman–Crippen LogP) is 1.67. The summed E-state index contributed by atoms with van der Waals surface area (Å²) in [5, 5.41) is 10.8. The van der Waals surface area contributed by atoms with Gasteiger partial charge < -0.3 is 5.11 Å². The lowest BCUT2D eigenvalue weighted by Gasteiger charge is -2.37. The van der Waals surface area contributed by atoms with E-state index in [2.05, 4.69) is 9.88 Å². The highest BCUT2D eigenvalue weighted by Crippen LogP contribution is 2.42. The highest BCUT2D eigenvalue weighted by molar-refractivity contribution is 5.26. The first-order valence-electron chi connectivity index (χ1n) is 6.28. The molecule has 2 atom stereocenters. The van der Waals surface area contributed by atoms with Gasteiger partial charge >= 0.3 is 0 Å². The van der Waals surface area contributed by atoms with Gasteiger partial charge in [-0.3, -0.25) is 9.88 Å². The van der Waals surface area contributed by atoms with Crippen LogP contribution in [0.4, 0.5) is 4.39 Å². The van der Waals surface area contributed by atoms with Gasteiger partial charge in [0.2, 0.25) is 0 Å². The van der Waals surface area contributed by atoms with Crippen molar-refractivity contribution in [3.8, 4) is 0 Å². The SMILES string of the molecule is OC1(c2ccncc2F)CCN2CCCCC21. The van der Waals surface area contributed by atoms with Crippen LogP contribution in [0.1, 0.15) is 31.2 Å². The van der Waals surface area contributed by atoms with Gasteiger partial charge in [0, 0.05) is 24.3 Å². The fourth-order valence-corrected chi connectivity index (χ4v) is 3.32. The van der Waals surface area contributed by atoms with E-state index in [4.69, 9.17) is 0 Å². The molecule has 1 N–H and O–H groups in total. The first-order chi connectivity index (χ1) is 8.22. The van der Waals surface area contributed by atoms with Gasteiger partial charge in [-0.2, -0.15) is 0 Å². The molecule has 0 spiro atoms. The first kappa shape index (κ1) is 11.1. The lowest BCUT2D eigenvalue weighted by atomic mass is 9.83. The molecule has 4 heteroatoms. The van der Waals surface area contributed by atoms with Gasteiger partial charge in [-0.15, -0.1) is 0 Å². The van der Waals surface area contributed by atoms with Gasteiger partial charge in [0.25, 0.3) is 0 Å². The molecular weight excluding hydrogens is 219 g/mol. The maximum absolute atomic E-state index is 13.8. The Labute approximate surface area is 100 Å². The molecule has 2 saturated heterocycles. The average Bonchev–Trinajstić information content (AvgIpc) is 2.70. The monoisotopic (exact) mass is 236 g/mol. The number of hydrogen-bond acceptors (Lipinski definition) is 3. The quantitative estimate of drug-likeness (QED) is 0.805. The summed E-state index contributed by atoms with van der Waals surface area (Å²) in [6.07, 6.45) is 6.64. The van der Waals surface area contributed by atoms with Crippen molar-refractivity contribution in [2.45, 2.75) is 37.3 Å². The number of piperidine rings is 1. The lowest BCUT2D eigenvalue weighted by molar-refractivity contribution is -0.0165. The van der Waals surface area contributed by atoms with Crippen molar-refractivity contribution < 1.29 is 9.50 Å². The number of rotatable bonds is 1. The van der Waals surface area contributed by atoms with E-state index in [1.807, 2.05) is 0 Å². The summed E-state index contributed by atoms with van der Waals surface area (Å²) in [5.41, 5.74) is -0.602. The highest BCUT2D eigenvalue weighted by atomic mass is 19.1. The average molecular weight is 236 g/mol. The number of aliphatic hydroxyl groups is 1. The molecule has 3 rings (SSSR count). The number of fused-ring (bicyclic) bond motifs is 1. The van der Waals surface area contributed by atoms with E-state index in [-0.39, 0.29) is 11.9 Å². The standard InChI is InChI=1S/C13H17FN2O/c14-11-9-15-6-4-10(11)13(17)5-8-16-7-2-1-3-12(13)16/h4,6,9,12,17H,1-3,5,7-8H2. The molecule has 3 nitrogen and oxygen atoms in total. The third kappa shape index (κ3) is 1.67. The number of halogens is 1. The molecule has 0 aliphatic carbocycles. The molecule has 0 bridgehead atoms. The third-order valence-electron chi connectivity index (χ3n) is 4.18. The van der Waals surface area contributed by atoms with Crippen molar-refractivity contribution in [3.05, 3.63) is 29.8 Å². The zero-order valence-electron chi connectivity index (χ0n) is 9.77. The second-order valence-electron chi connectivity index (χ2n) is 5.08. The van der Waals surface area contributed by atoms with E-state index in [9.17, 15) is 9.50 Å². The number of aromatic nitrogens is 1. The van der Waals surface area contributed by atoms with Crippen LogP contribution in [-0.4, -0.2) is 34.1 Å². The molecule has 2 aliphatic rings. The van der Waals surface area contributed by atoms with Crippen LogP contribution in [-0.2, 0) is 5.60 Å². The lowest BCUT2D eigenvalue weighted by Crippen LogP contribution is -2.45. The largest absolute Gasteiger partial charge is 0.383 e. The zero-order valence-corrected chi connectivity index (χ0v) is 9.77. The minimum absolute atomic E-state index is 0.0770. The summed E-state index contributed by atoms with van der Waals surface area (Å²) in [7, 11) is 0. The number of nitrogens with zero attached hydrogens (tertiary/aromatic N) is 2. The van der Waals surface area contributed by atoms with Gasteiger partial charge in [0.05, 0.1) is 6.20 Å². The van der Waals surface area contributed by atoms with E-state index in [1.54, 1.807) is 12.3 Å². The molecule has 3 heterocycles. The second kappa shape index (κ2) is 4.03. The van der Waals surface area contributed by atoms with E-state index in [0.29, 0.717) is 12.0 Å². The topological polar surface area (TPSA) is 36.4 Å². The maximum atomic E-state index is 13.8. The van der Waals surface area contributed by atoms with Gasteiger partial charge in [-0.1, -0.05) is 6.42 Å². The number of hydrogen-bond donors (Lipinski definition) is 1. The molecule has 0 amide bonds. The molecular formula is C13H17FN2O. The Kier molecular flexibility index (Phi) is 2.64. The second-order valence-corrected chi connectivity index (χ2v) is 5.08. The van der Waals surface area contributed by atoms with Crippen LogP contribution in [0.25, 0.3) is 0 Å². The van der Waals surface area contributed by atoms with E-state index in [0.717, 1.165) is 25.9 Å². The molecule has 0 aromatic carbocycles. The first-order valence-corrected chi connectivity index (χ1v) is 6.28. The Morgan fingerprint density at radius 1 is 1.41 bits per heavy atom. The van der Waals surface area contributed by atoms with Crippen LogP contribution in [0.3, 0.4) is 0 Å². The van der Waals surface area contributed by atoms with E-state index >= 15 is 0 Å². The maximum Gasteiger partial charge on any atom is 0.147 e. The molecule has 1 aromatic heterocycles. The number of pyridine rings is 1. The molecule has 0 radical (unpaired) electrons.